The van der Waals surface area contributed by atoms with Gasteiger partial charge >= 0.3 is 0 Å². The maximum atomic E-state index is 12.1. The Morgan fingerprint density at radius 3 is 2.79 bits per heavy atom. The molecular weight excluding hydrogens is 424 g/mol. The number of amides is 2. The van der Waals surface area contributed by atoms with Gasteiger partial charge in [0.15, 0.2) is 10.2 Å². The Morgan fingerprint density at radius 1 is 1.32 bits per heavy atom. The highest BCUT2D eigenvalue weighted by Gasteiger charge is 2.23. The number of carbonyl (C=O) groups excluding carboxylic acids is 2. The van der Waals surface area contributed by atoms with Crippen molar-refractivity contribution < 1.29 is 14.1 Å². The molecule has 152 valence electrons. The molecule has 3 rings (SSSR count). The van der Waals surface area contributed by atoms with E-state index in [0.29, 0.717) is 43.4 Å². The van der Waals surface area contributed by atoms with Crippen LogP contribution < -0.4 is 10.2 Å². The topological polar surface area (TPSA) is 104 Å². The van der Waals surface area contributed by atoms with Crippen LogP contribution in [0, 0.1) is 6.92 Å². The monoisotopic (exact) mass is 444 g/mol. The molecule has 2 aromatic heterocycles. The third-order valence-corrected chi connectivity index (χ3v) is 6.43. The molecule has 0 unspecified atom stereocenters. The maximum Gasteiger partial charge on any atom is 0.236 e. The molecule has 3 heterocycles. The van der Waals surface area contributed by atoms with E-state index in [1.165, 1.54) is 23.1 Å². The van der Waals surface area contributed by atoms with Crippen molar-refractivity contribution in [1.82, 2.24) is 20.3 Å². The summed E-state index contributed by atoms with van der Waals surface area (Å²) in [6.07, 6.45) is 1.21. The molecule has 0 aromatic carbocycles. The van der Waals surface area contributed by atoms with E-state index in [-0.39, 0.29) is 17.6 Å². The molecule has 0 saturated carbocycles. The molecule has 2 aromatic rings. The first-order valence-corrected chi connectivity index (χ1v) is 11.2. The summed E-state index contributed by atoms with van der Waals surface area (Å²) < 4.78 is 5.64. The fourth-order valence-electron chi connectivity index (χ4n) is 2.64. The molecule has 0 aliphatic carbocycles. The van der Waals surface area contributed by atoms with E-state index in [1.54, 1.807) is 13.0 Å². The van der Waals surface area contributed by atoms with Crippen LogP contribution in [-0.4, -0.2) is 69.9 Å². The molecular formula is C16H21ClN6O3S2. The Bertz CT molecular complexity index is 806. The summed E-state index contributed by atoms with van der Waals surface area (Å²) in [6, 6.07) is 1.66. The van der Waals surface area contributed by atoms with Crippen molar-refractivity contribution in [2.24, 2.45) is 0 Å². The summed E-state index contributed by atoms with van der Waals surface area (Å²) in [7, 11) is 0. The first-order valence-electron chi connectivity index (χ1n) is 8.83. The van der Waals surface area contributed by atoms with Gasteiger partial charge in [0.2, 0.25) is 16.9 Å². The standard InChI is InChI=1S/C16H21ClN6O3S2/c1-11-9-12(21-26-11)18-13(24)10-27-16-20-19-15(28-16)23-7-5-22(6-8-23)14(25)3-2-4-17/h9H,2-8,10H2,1H3,(H,18,21,24). The number of hydrogen-bond acceptors (Lipinski definition) is 9. The number of nitrogens with one attached hydrogen (secondary N) is 1. The van der Waals surface area contributed by atoms with Gasteiger partial charge in [0, 0.05) is 44.5 Å². The molecule has 0 bridgehead atoms. The molecule has 1 N–H and O–H groups in total. The summed E-state index contributed by atoms with van der Waals surface area (Å²) in [5.74, 6) is 1.73. The van der Waals surface area contributed by atoms with Crippen molar-refractivity contribution in [3.8, 4) is 0 Å². The van der Waals surface area contributed by atoms with E-state index in [9.17, 15) is 9.59 Å². The zero-order valence-electron chi connectivity index (χ0n) is 15.4. The fourth-order valence-corrected chi connectivity index (χ4v) is 4.47. The average Bonchev–Trinajstić information content (AvgIpc) is 3.33. The van der Waals surface area contributed by atoms with Crippen LogP contribution in [0.25, 0.3) is 0 Å². The number of thioether (sulfide) groups is 1. The maximum absolute atomic E-state index is 12.1. The minimum atomic E-state index is -0.181. The van der Waals surface area contributed by atoms with Gasteiger partial charge in [-0.1, -0.05) is 28.3 Å². The number of aryl methyl sites for hydroxylation is 1. The number of aromatic nitrogens is 3. The molecule has 1 aliphatic rings. The number of hydrogen-bond donors (Lipinski definition) is 1. The van der Waals surface area contributed by atoms with E-state index in [4.69, 9.17) is 16.1 Å². The number of nitrogens with zero attached hydrogens (tertiary/aromatic N) is 5. The minimum absolute atomic E-state index is 0.155. The fraction of sp³-hybridized carbons (Fsp3) is 0.562. The number of piperazine rings is 1. The molecule has 1 fully saturated rings. The molecule has 12 heteroatoms. The Kier molecular flexibility index (Phi) is 7.51. The molecule has 0 atom stereocenters. The van der Waals surface area contributed by atoms with Gasteiger partial charge in [0.1, 0.15) is 5.76 Å². The van der Waals surface area contributed by atoms with Gasteiger partial charge in [-0.2, -0.15) is 0 Å². The Morgan fingerprint density at radius 2 is 2.11 bits per heavy atom. The van der Waals surface area contributed by atoms with Crippen LogP contribution in [0.4, 0.5) is 10.9 Å². The summed E-state index contributed by atoms with van der Waals surface area (Å²) in [4.78, 5) is 28.0. The van der Waals surface area contributed by atoms with Crippen molar-refractivity contribution in [2.75, 3.05) is 48.0 Å². The van der Waals surface area contributed by atoms with Crippen molar-refractivity contribution in [3.05, 3.63) is 11.8 Å². The average molecular weight is 445 g/mol. The van der Waals surface area contributed by atoms with E-state index < -0.39 is 0 Å². The lowest BCUT2D eigenvalue weighted by molar-refractivity contribution is -0.131. The van der Waals surface area contributed by atoms with Gasteiger partial charge < -0.3 is 19.6 Å². The molecule has 2 amide bonds. The van der Waals surface area contributed by atoms with Crippen molar-refractivity contribution in [3.63, 3.8) is 0 Å². The van der Waals surface area contributed by atoms with Crippen LogP contribution in [0.1, 0.15) is 18.6 Å². The Labute approximate surface area is 175 Å². The molecule has 9 nitrogen and oxygen atoms in total. The molecule has 1 saturated heterocycles. The Balaban J connectivity index is 1.43. The SMILES string of the molecule is Cc1cc(NC(=O)CSc2nnc(N3CCN(C(=O)CCCCl)CC3)s2)no1. The molecule has 0 radical (unpaired) electrons. The van der Waals surface area contributed by atoms with Crippen LogP contribution in [0.2, 0.25) is 0 Å². The summed E-state index contributed by atoms with van der Waals surface area (Å²) in [6.45, 7) is 4.54. The van der Waals surface area contributed by atoms with Crippen LogP contribution in [0.3, 0.4) is 0 Å². The zero-order chi connectivity index (χ0) is 19.9. The second-order valence-electron chi connectivity index (χ2n) is 6.17. The molecule has 28 heavy (non-hydrogen) atoms. The zero-order valence-corrected chi connectivity index (χ0v) is 17.8. The van der Waals surface area contributed by atoms with Crippen LogP contribution in [-0.2, 0) is 9.59 Å². The van der Waals surface area contributed by atoms with Gasteiger partial charge in [-0.25, -0.2) is 0 Å². The van der Waals surface area contributed by atoms with E-state index in [1.807, 2.05) is 4.90 Å². The second kappa shape index (κ2) is 10.1. The van der Waals surface area contributed by atoms with Gasteiger partial charge in [-0.05, 0) is 13.3 Å². The number of alkyl halides is 1. The van der Waals surface area contributed by atoms with Gasteiger partial charge in [-0.15, -0.1) is 21.8 Å². The highest BCUT2D eigenvalue weighted by atomic mass is 35.5. The predicted molar refractivity (Wildman–Crippen MR) is 109 cm³/mol. The third kappa shape index (κ3) is 5.82. The number of halogens is 1. The van der Waals surface area contributed by atoms with Crippen LogP contribution in [0.5, 0.6) is 0 Å². The van der Waals surface area contributed by atoms with Gasteiger partial charge in [0.05, 0.1) is 5.75 Å². The first kappa shape index (κ1) is 20.9. The Hall–Kier alpha value is -1.85. The van der Waals surface area contributed by atoms with Crippen LogP contribution >= 0.6 is 34.7 Å². The minimum Gasteiger partial charge on any atom is -0.360 e. The highest BCUT2D eigenvalue weighted by Crippen LogP contribution is 2.28. The van der Waals surface area contributed by atoms with E-state index in [0.717, 1.165) is 22.6 Å². The number of anilines is 2. The van der Waals surface area contributed by atoms with Crippen molar-refractivity contribution in [1.29, 1.82) is 0 Å². The summed E-state index contributed by atoms with van der Waals surface area (Å²) in [5.41, 5.74) is 0. The normalized spacial score (nSPS) is 14.4. The largest absolute Gasteiger partial charge is 0.360 e. The smallest absolute Gasteiger partial charge is 0.236 e. The predicted octanol–water partition coefficient (Wildman–Crippen LogP) is 2.23. The van der Waals surface area contributed by atoms with Crippen LogP contribution in [0.15, 0.2) is 14.9 Å². The molecule has 0 spiro atoms. The number of rotatable bonds is 8. The lowest BCUT2D eigenvalue weighted by Gasteiger charge is -2.34. The quantitative estimate of drug-likeness (QED) is 0.488. The number of carbonyl (C=O) groups is 2. The highest BCUT2D eigenvalue weighted by molar-refractivity contribution is 8.01. The summed E-state index contributed by atoms with van der Waals surface area (Å²) in [5, 5.41) is 15.6. The van der Waals surface area contributed by atoms with Gasteiger partial charge in [-0.3, -0.25) is 9.59 Å². The lowest BCUT2D eigenvalue weighted by Crippen LogP contribution is -2.48. The van der Waals surface area contributed by atoms with Crippen molar-refractivity contribution >= 4 is 57.5 Å². The molecule has 1 aliphatic heterocycles. The summed E-state index contributed by atoms with van der Waals surface area (Å²) >= 11 is 8.42. The van der Waals surface area contributed by atoms with E-state index in [2.05, 4.69) is 25.6 Å². The lowest BCUT2D eigenvalue weighted by atomic mass is 10.2. The van der Waals surface area contributed by atoms with Gasteiger partial charge in [0.25, 0.3) is 0 Å². The third-order valence-electron chi connectivity index (χ3n) is 4.05. The van der Waals surface area contributed by atoms with E-state index >= 15 is 0 Å². The second-order valence-corrected chi connectivity index (χ2v) is 8.73. The first-order chi connectivity index (χ1) is 13.5. The van der Waals surface area contributed by atoms with Crippen molar-refractivity contribution in [2.45, 2.75) is 24.1 Å².